The standard InChI is InChI=1S/C24H19Cl2N5O3S/c1-35(32,33)31-23-14-28-22-11-16(4-7-21(22)30-23)15-2-5-18(6-3-15)29-19-10-17(13-27)24(20(26)12-19)34-9-8-25/h2-7,10-12,14,29H,8-9H2,1H3,(H,30,31). The van der Waals surface area contributed by atoms with Crippen LogP contribution in [0.3, 0.4) is 0 Å². The van der Waals surface area contributed by atoms with Gasteiger partial charge in [-0.2, -0.15) is 5.26 Å². The zero-order valence-corrected chi connectivity index (χ0v) is 20.7. The number of sulfonamides is 1. The lowest BCUT2D eigenvalue weighted by Crippen LogP contribution is -2.11. The summed E-state index contributed by atoms with van der Waals surface area (Å²) in [4.78, 5) is 8.61. The van der Waals surface area contributed by atoms with E-state index < -0.39 is 10.0 Å². The molecule has 0 unspecified atom stereocenters. The van der Waals surface area contributed by atoms with Crippen molar-refractivity contribution in [3.8, 4) is 22.9 Å². The fourth-order valence-corrected chi connectivity index (χ4v) is 4.21. The molecular weight excluding hydrogens is 509 g/mol. The molecule has 0 radical (unpaired) electrons. The lowest BCUT2D eigenvalue weighted by molar-refractivity contribution is 0.342. The Morgan fingerprint density at radius 1 is 1.03 bits per heavy atom. The number of rotatable bonds is 8. The quantitative estimate of drug-likeness (QED) is 0.288. The van der Waals surface area contributed by atoms with Crippen molar-refractivity contribution >= 4 is 61.5 Å². The van der Waals surface area contributed by atoms with Crippen molar-refractivity contribution in [1.82, 2.24) is 9.97 Å². The Morgan fingerprint density at radius 2 is 1.77 bits per heavy atom. The molecule has 0 bridgehead atoms. The Hall–Kier alpha value is -3.58. The van der Waals surface area contributed by atoms with Gasteiger partial charge in [0.05, 0.1) is 40.0 Å². The predicted octanol–water partition coefficient (Wildman–Crippen LogP) is 5.55. The van der Waals surface area contributed by atoms with Gasteiger partial charge in [-0.25, -0.2) is 13.4 Å². The third kappa shape index (κ3) is 6.11. The van der Waals surface area contributed by atoms with Crippen LogP contribution >= 0.6 is 23.2 Å². The smallest absolute Gasteiger partial charge is 0.231 e. The average Bonchev–Trinajstić information content (AvgIpc) is 2.82. The molecule has 0 aliphatic heterocycles. The van der Waals surface area contributed by atoms with E-state index in [4.69, 9.17) is 27.9 Å². The summed E-state index contributed by atoms with van der Waals surface area (Å²) >= 11 is 12.0. The van der Waals surface area contributed by atoms with Crippen LogP contribution < -0.4 is 14.8 Å². The van der Waals surface area contributed by atoms with Crippen LogP contribution in [0, 0.1) is 11.3 Å². The number of nitrogens with one attached hydrogen (secondary N) is 2. The first kappa shape index (κ1) is 24.5. The molecule has 0 saturated heterocycles. The summed E-state index contributed by atoms with van der Waals surface area (Å²) in [5, 5.41) is 13.0. The van der Waals surface area contributed by atoms with E-state index >= 15 is 0 Å². The van der Waals surface area contributed by atoms with Gasteiger partial charge in [0.25, 0.3) is 0 Å². The Labute approximate surface area is 212 Å². The molecule has 1 aromatic heterocycles. The van der Waals surface area contributed by atoms with Gasteiger partial charge >= 0.3 is 0 Å². The zero-order valence-electron chi connectivity index (χ0n) is 18.4. The lowest BCUT2D eigenvalue weighted by Gasteiger charge is -2.13. The van der Waals surface area contributed by atoms with E-state index in [1.54, 1.807) is 18.2 Å². The second-order valence-electron chi connectivity index (χ2n) is 7.52. The highest BCUT2D eigenvalue weighted by molar-refractivity contribution is 7.92. The van der Waals surface area contributed by atoms with Gasteiger partial charge in [-0.05, 0) is 47.5 Å². The zero-order chi connectivity index (χ0) is 25.0. The minimum atomic E-state index is -3.43. The fourth-order valence-electron chi connectivity index (χ4n) is 3.38. The minimum absolute atomic E-state index is 0.168. The lowest BCUT2D eigenvalue weighted by atomic mass is 10.0. The van der Waals surface area contributed by atoms with Crippen LogP contribution in [0.15, 0.2) is 60.8 Å². The van der Waals surface area contributed by atoms with Crippen molar-refractivity contribution in [2.24, 2.45) is 0 Å². The molecule has 3 aromatic carbocycles. The number of aromatic nitrogens is 2. The summed E-state index contributed by atoms with van der Waals surface area (Å²) in [7, 11) is -3.43. The second-order valence-corrected chi connectivity index (χ2v) is 10.1. The first-order valence-electron chi connectivity index (χ1n) is 10.3. The molecule has 0 atom stereocenters. The van der Waals surface area contributed by atoms with Gasteiger partial charge in [-0.1, -0.05) is 29.8 Å². The molecule has 35 heavy (non-hydrogen) atoms. The summed E-state index contributed by atoms with van der Waals surface area (Å²) in [6.07, 6.45) is 2.44. The van der Waals surface area contributed by atoms with E-state index in [1.807, 2.05) is 36.4 Å². The first-order chi connectivity index (χ1) is 16.8. The molecule has 0 amide bonds. The molecule has 4 aromatic rings. The van der Waals surface area contributed by atoms with E-state index in [2.05, 4.69) is 26.1 Å². The number of hydrogen-bond acceptors (Lipinski definition) is 7. The molecule has 2 N–H and O–H groups in total. The Kier molecular flexibility index (Phi) is 7.26. The molecule has 178 valence electrons. The molecule has 11 heteroatoms. The number of hydrogen-bond donors (Lipinski definition) is 2. The molecule has 0 saturated carbocycles. The van der Waals surface area contributed by atoms with Crippen molar-refractivity contribution in [3.05, 3.63) is 71.4 Å². The van der Waals surface area contributed by atoms with Gasteiger partial charge in [0.15, 0.2) is 11.6 Å². The van der Waals surface area contributed by atoms with Crippen LogP contribution in [0.2, 0.25) is 5.02 Å². The number of anilines is 3. The van der Waals surface area contributed by atoms with Crippen molar-refractivity contribution in [2.75, 3.05) is 28.8 Å². The van der Waals surface area contributed by atoms with Crippen LogP contribution in [0.4, 0.5) is 17.2 Å². The van der Waals surface area contributed by atoms with E-state index in [9.17, 15) is 13.7 Å². The average molecular weight is 528 g/mol. The van der Waals surface area contributed by atoms with Crippen LogP contribution in [-0.2, 0) is 10.0 Å². The topological polar surface area (TPSA) is 117 Å². The van der Waals surface area contributed by atoms with Gasteiger partial charge in [0.2, 0.25) is 10.0 Å². The molecule has 0 spiro atoms. The SMILES string of the molecule is CS(=O)(=O)Nc1cnc2cc(-c3ccc(Nc4cc(Cl)c(OCCCl)c(C#N)c4)cc3)ccc2n1. The van der Waals surface area contributed by atoms with Gasteiger partial charge in [0.1, 0.15) is 12.7 Å². The number of nitriles is 1. The van der Waals surface area contributed by atoms with Crippen molar-refractivity contribution in [3.63, 3.8) is 0 Å². The van der Waals surface area contributed by atoms with Crippen LogP contribution in [-0.4, -0.2) is 37.1 Å². The number of alkyl halides is 1. The van der Waals surface area contributed by atoms with Gasteiger partial charge in [0, 0.05) is 11.4 Å². The van der Waals surface area contributed by atoms with Crippen LogP contribution in [0.25, 0.3) is 22.2 Å². The molecule has 4 rings (SSSR count). The highest BCUT2D eigenvalue weighted by Crippen LogP contribution is 2.34. The molecular formula is C24H19Cl2N5O3S. The first-order valence-corrected chi connectivity index (χ1v) is 13.1. The summed E-state index contributed by atoms with van der Waals surface area (Å²) < 4.78 is 30.6. The molecule has 0 aliphatic carbocycles. The van der Waals surface area contributed by atoms with E-state index in [0.717, 1.165) is 23.1 Å². The van der Waals surface area contributed by atoms with Crippen LogP contribution in [0.5, 0.6) is 5.75 Å². The Balaban J connectivity index is 1.53. The number of ether oxygens (including phenoxy) is 1. The largest absolute Gasteiger partial charge is 0.489 e. The van der Waals surface area contributed by atoms with Crippen molar-refractivity contribution in [2.45, 2.75) is 0 Å². The summed E-state index contributed by atoms with van der Waals surface area (Å²) in [6.45, 7) is 0.253. The minimum Gasteiger partial charge on any atom is -0.489 e. The Morgan fingerprint density at radius 3 is 2.46 bits per heavy atom. The third-order valence-corrected chi connectivity index (χ3v) is 5.84. The second kappa shape index (κ2) is 10.4. The highest BCUT2D eigenvalue weighted by Gasteiger charge is 2.12. The van der Waals surface area contributed by atoms with E-state index in [0.29, 0.717) is 38.9 Å². The Bertz CT molecular complexity index is 1540. The number of benzene rings is 3. The van der Waals surface area contributed by atoms with Crippen molar-refractivity contribution < 1.29 is 13.2 Å². The van der Waals surface area contributed by atoms with Crippen LogP contribution in [0.1, 0.15) is 5.56 Å². The molecule has 8 nitrogen and oxygen atoms in total. The maximum Gasteiger partial charge on any atom is 0.231 e. The number of nitrogens with zero attached hydrogens (tertiary/aromatic N) is 3. The predicted molar refractivity (Wildman–Crippen MR) is 139 cm³/mol. The van der Waals surface area contributed by atoms with Gasteiger partial charge in [-0.3, -0.25) is 9.71 Å². The molecule has 1 heterocycles. The maximum absolute atomic E-state index is 11.4. The van der Waals surface area contributed by atoms with E-state index in [1.165, 1.54) is 6.20 Å². The summed E-state index contributed by atoms with van der Waals surface area (Å²) in [5.74, 6) is 0.773. The fraction of sp³-hybridized carbons (Fsp3) is 0.125. The maximum atomic E-state index is 11.4. The highest BCUT2D eigenvalue weighted by atomic mass is 35.5. The van der Waals surface area contributed by atoms with E-state index in [-0.39, 0.29) is 12.4 Å². The molecule has 0 aliphatic rings. The number of halogens is 2. The number of fused-ring (bicyclic) bond motifs is 1. The normalized spacial score (nSPS) is 11.1. The third-order valence-electron chi connectivity index (χ3n) is 4.83. The van der Waals surface area contributed by atoms with Gasteiger partial charge in [-0.15, -0.1) is 11.6 Å². The van der Waals surface area contributed by atoms with Crippen molar-refractivity contribution in [1.29, 1.82) is 5.26 Å². The summed E-state index contributed by atoms with van der Waals surface area (Å²) in [6, 6.07) is 18.7. The van der Waals surface area contributed by atoms with Gasteiger partial charge < -0.3 is 10.1 Å². The summed E-state index contributed by atoms with van der Waals surface area (Å²) in [5.41, 5.74) is 4.87. The molecule has 0 fully saturated rings. The monoisotopic (exact) mass is 527 g/mol.